The molecule has 1 aliphatic rings. The van der Waals surface area contributed by atoms with Crippen molar-refractivity contribution in [3.8, 4) is 0 Å². The minimum Gasteiger partial charge on any atom is -0.316 e. The number of hydrogen-bond acceptors (Lipinski definition) is 2. The summed E-state index contributed by atoms with van der Waals surface area (Å²) in [5, 5.41) is 3.38. The Morgan fingerprint density at radius 3 is 3.00 bits per heavy atom. The summed E-state index contributed by atoms with van der Waals surface area (Å²) < 4.78 is 0. The number of hydrogen-bond donors (Lipinski definition) is 1. The van der Waals surface area contributed by atoms with Crippen LogP contribution in [-0.2, 0) is 6.42 Å². The van der Waals surface area contributed by atoms with Gasteiger partial charge in [-0.3, -0.25) is 4.98 Å². The SMILES string of the molecule is CNC(Cc1cccnc1)C1CC1. The summed E-state index contributed by atoms with van der Waals surface area (Å²) >= 11 is 0. The Morgan fingerprint density at radius 2 is 2.46 bits per heavy atom. The Kier molecular flexibility index (Phi) is 2.60. The first-order valence-corrected chi connectivity index (χ1v) is 4.96. The third kappa shape index (κ3) is 2.28. The van der Waals surface area contributed by atoms with E-state index >= 15 is 0 Å². The highest BCUT2D eigenvalue weighted by atomic mass is 14.9. The van der Waals surface area contributed by atoms with Crippen LogP contribution < -0.4 is 5.32 Å². The molecule has 1 atom stereocenters. The van der Waals surface area contributed by atoms with Crippen LogP contribution in [0.15, 0.2) is 24.5 Å². The highest BCUT2D eigenvalue weighted by molar-refractivity contribution is 5.11. The van der Waals surface area contributed by atoms with Crippen molar-refractivity contribution in [3.63, 3.8) is 0 Å². The predicted molar refractivity (Wildman–Crippen MR) is 53.5 cm³/mol. The van der Waals surface area contributed by atoms with Crippen molar-refractivity contribution in [3.05, 3.63) is 30.1 Å². The normalized spacial score (nSPS) is 18.5. The fourth-order valence-electron chi connectivity index (χ4n) is 1.78. The van der Waals surface area contributed by atoms with Gasteiger partial charge in [0.25, 0.3) is 0 Å². The van der Waals surface area contributed by atoms with Gasteiger partial charge in [-0.15, -0.1) is 0 Å². The fourth-order valence-corrected chi connectivity index (χ4v) is 1.78. The zero-order chi connectivity index (χ0) is 9.10. The number of likely N-dealkylation sites (N-methyl/N-ethyl adjacent to an activating group) is 1. The van der Waals surface area contributed by atoms with Crippen LogP contribution in [0, 0.1) is 5.92 Å². The maximum absolute atomic E-state index is 4.12. The van der Waals surface area contributed by atoms with Gasteiger partial charge in [-0.25, -0.2) is 0 Å². The van der Waals surface area contributed by atoms with E-state index < -0.39 is 0 Å². The summed E-state index contributed by atoms with van der Waals surface area (Å²) in [4.78, 5) is 4.12. The predicted octanol–water partition coefficient (Wildman–Crippen LogP) is 1.62. The van der Waals surface area contributed by atoms with E-state index in [0.717, 1.165) is 12.3 Å². The van der Waals surface area contributed by atoms with Crippen LogP contribution in [0.25, 0.3) is 0 Å². The van der Waals surface area contributed by atoms with Gasteiger partial charge in [0.2, 0.25) is 0 Å². The van der Waals surface area contributed by atoms with E-state index in [4.69, 9.17) is 0 Å². The summed E-state index contributed by atoms with van der Waals surface area (Å²) in [6, 6.07) is 4.82. The first-order valence-electron chi connectivity index (χ1n) is 4.96. The van der Waals surface area contributed by atoms with Crippen molar-refractivity contribution in [2.45, 2.75) is 25.3 Å². The molecule has 0 bridgehead atoms. The molecule has 1 fully saturated rings. The molecule has 0 aromatic carbocycles. The van der Waals surface area contributed by atoms with Crippen molar-refractivity contribution < 1.29 is 0 Å². The maximum Gasteiger partial charge on any atom is 0.0300 e. The van der Waals surface area contributed by atoms with Crippen LogP contribution in [0.1, 0.15) is 18.4 Å². The first kappa shape index (κ1) is 8.70. The Bertz CT molecular complexity index is 254. The van der Waals surface area contributed by atoms with Crippen LogP contribution in [0.5, 0.6) is 0 Å². The molecule has 2 rings (SSSR count). The summed E-state index contributed by atoms with van der Waals surface area (Å²) in [5.74, 6) is 0.908. The lowest BCUT2D eigenvalue weighted by Gasteiger charge is -2.14. The van der Waals surface area contributed by atoms with Crippen LogP contribution in [0.2, 0.25) is 0 Å². The second kappa shape index (κ2) is 3.88. The second-order valence-electron chi connectivity index (χ2n) is 3.80. The number of rotatable bonds is 4. The molecule has 0 saturated heterocycles. The number of nitrogens with one attached hydrogen (secondary N) is 1. The molecule has 0 radical (unpaired) electrons. The molecule has 1 heterocycles. The zero-order valence-electron chi connectivity index (χ0n) is 8.03. The third-order valence-electron chi connectivity index (χ3n) is 2.74. The van der Waals surface area contributed by atoms with Crippen molar-refractivity contribution in [2.24, 2.45) is 5.92 Å². The molecule has 1 aliphatic carbocycles. The van der Waals surface area contributed by atoms with Gasteiger partial charge in [-0.05, 0) is 43.9 Å². The summed E-state index contributed by atoms with van der Waals surface area (Å²) in [5.41, 5.74) is 1.34. The molecule has 0 amide bonds. The van der Waals surface area contributed by atoms with Gasteiger partial charge in [0, 0.05) is 18.4 Å². The highest BCUT2D eigenvalue weighted by Gasteiger charge is 2.29. The van der Waals surface area contributed by atoms with Gasteiger partial charge in [0.1, 0.15) is 0 Å². The topological polar surface area (TPSA) is 24.9 Å². The van der Waals surface area contributed by atoms with Crippen LogP contribution in [-0.4, -0.2) is 18.1 Å². The molecule has 0 spiro atoms. The van der Waals surface area contributed by atoms with E-state index in [2.05, 4.69) is 23.4 Å². The maximum atomic E-state index is 4.12. The number of nitrogens with zero attached hydrogens (tertiary/aromatic N) is 1. The number of pyridine rings is 1. The Labute approximate surface area is 79.4 Å². The summed E-state index contributed by atoms with van der Waals surface area (Å²) in [6.45, 7) is 0. The van der Waals surface area contributed by atoms with E-state index in [1.54, 1.807) is 0 Å². The van der Waals surface area contributed by atoms with Crippen molar-refractivity contribution >= 4 is 0 Å². The van der Waals surface area contributed by atoms with Gasteiger partial charge in [0.05, 0.1) is 0 Å². The lowest BCUT2D eigenvalue weighted by Crippen LogP contribution is -2.29. The molecule has 1 N–H and O–H groups in total. The summed E-state index contributed by atoms with van der Waals surface area (Å²) in [7, 11) is 2.05. The van der Waals surface area contributed by atoms with Gasteiger partial charge >= 0.3 is 0 Å². The largest absolute Gasteiger partial charge is 0.316 e. The molecule has 1 aromatic rings. The lowest BCUT2D eigenvalue weighted by molar-refractivity contribution is 0.500. The van der Waals surface area contributed by atoms with E-state index in [-0.39, 0.29) is 0 Å². The molecule has 1 unspecified atom stereocenters. The first-order chi connectivity index (χ1) is 6.40. The van der Waals surface area contributed by atoms with Crippen molar-refractivity contribution in [1.82, 2.24) is 10.3 Å². The Morgan fingerprint density at radius 1 is 1.62 bits per heavy atom. The molecule has 13 heavy (non-hydrogen) atoms. The number of aromatic nitrogens is 1. The van der Waals surface area contributed by atoms with Gasteiger partial charge in [-0.2, -0.15) is 0 Å². The van der Waals surface area contributed by atoms with Gasteiger partial charge < -0.3 is 5.32 Å². The lowest BCUT2D eigenvalue weighted by atomic mass is 10.0. The average molecular weight is 176 g/mol. The van der Waals surface area contributed by atoms with Gasteiger partial charge in [0.15, 0.2) is 0 Å². The third-order valence-corrected chi connectivity index (χ3v) is 2.74. The van der Waals surface area contributed by atoms with Crippen LogP contribution in [0.4, 0.5) is 0 Å². The van der Waals surface area contributed by atoms with Crippen molar-refractivity contribution in [1.29, 1.82) is 0 Å². The molecule has 2 heteroatoms. The van der Waals surface area contributed by atoms with Crippen molar-refractivity contribution in [2.75, 3.05) is 7.05 Å². The molecule has 70 valence electrons. The van der Waals surface area contributed by atoms with E-state index in [1.807, 2.05) is 18.5 Å². The highest BCUT2D eigenvalue weighted by Crippen LogP contribution is 2.33. The molecule has 1 saturated carbocycles. The molecular weight excluding hydrogens is 160 g/mol. The van der Waals surface area contributed by atoms with Crippen LogP contribution in [0.3, 0.4) is 0 Å². The monoisotopic (exact) mass is 176 g/mol. The molecule has 0 aliphatic heterocycles. The molecule has 2 nitrogen and oxygen atoms in total. The quantitative estimate of drug-likeness (QED) is 0.754. The summed E-state index contributed by atoms with van der Waals surface area (Å²) in [6.07, 6.45) is 7.70. The van der Waals surface area contributed by atoms with Gasteiger partial charge in [-0.1, -0.05) is 6.07 Å². The van der Waals surface area contributed by atoms with Crippen LogP contribution >= 0.6 is 0 Å². The van der Waals surface area contributed by atoms with E-state index in [0.29, 0.717) is 6.04 Å². The average Bonchev–Trinajstić information content (AvgIpc) is 2.99. The minimum atomic E-state index is 0.657. The standard InChI is InChI=1S/C11H16N2/c1-12-11(10-4-5-10)7-9-3-2-6-13-8-9/h2-3,6,8,10-12H,4-5,7H2,1H3. The fraction of sp³-hybridized carbons (Fsp3) is 0.545. The van der Waals surface area contributed by atoms with E-state index in [1.165, 1.54) is 18.4 Å². The second-order valence-corrected chi connectivity index (χ2v) is 3.80. The smallest absolute Gasteiger partial charge is 0.0300 e. The molecule has 1 aromatic heterocycles. The van der Waals surface area contributed by atoms with E-state index in [9.17, 15) is 0 Å². The Hall–Kier alpha value is -0.890. The zero-order valence-corrected chi connectivity index (χ0v) is 8.03. The molecular formula is C11H16N2. The Balaban J connectivity index is 1.95. The minimum absolute atomic E-state index is 0.657.